The van der Waals surface area contributed by atoms with E-state index in [1.54, 1.807) is 42.9 Å². The van der Waals surface area contributed by atoms with Crippen molar-refractivity contribution in [1.29, 1.82) is 0 Å². The average molecular weight is 440 g/mol. The van der Waals surface area contributed by atoms with E-state index in [9.17, 15) is 9.18 Å². The van der Waals surface area contributed by atoms with Gasteiger partial charge in [0.25, 0.3) is 5.91 Å². The van der Waals surface area contributed by atoms with E-state index in [1.165, 1.54) is 12.1 Å². The molecule has 0 saturated carbocycles. The van der Waals surface area contributed by atoms with Crippen LogP contribution in [-0.4, -0.2) is 44.9 Å². The van der Waals surface area contributed by atoms with Gasteiger partial charge >= 0.3 is 0 Å². The number of hydrogen-bond acceptors (Lipinski definition) is 5. The summed E-state index contributed by atoms with van der Waals surface area (Å²) in [4.78, 5) is 28.2. The summed E-state index contributed by atoms with van der Waals surface area (Å²) in [6, 6.07) is 9.38. The van der Waals surface area contributed by atoms with Gasteiger partial charge in [-0.25, -0.2) is 19.3 Å². The second-order valence-electron chi connectivity index (χ2n) is 7.69. The third-order valence-corrected chi connectivity index (χ3v) is 5.84. The van der Waals surface area contributed by atoms with Gasteiger partial charge in [0.2, 0.25) is 0 Å². The summed E-state index contributed by atoms with van der Waals surface area (Å²) >= 11 is 5.91. The minimum absolute atomic E-state index is 0.0634. The molecule has 0 radical (unpaired) electrons. The van der Waals surface area contributed by atoms with Crippen LogP contribution in [0.4, 0.5) is 10.2 Å². The van der Waals surface area contributed by atoms with Crippen LogP contribution in [0.5, 0.6) is 0 Å². The lowest BCUT2D eigenvalue weighted by Crippen LogP contribution is -2.51. The number of pyridine rings is 1. The highest BCUT2D eigenvalue weighted by Gasteiger charge is 2.33. The van der Waals surface area contributed by atoms with Crippen molar-refractivity contribution in [3.05, 3.63) is 71.4 Å². The molecule has 0 spiro atoms. The lowest BCUT2D eigenvalue weighted by Gasteiger charge is -2.40. The van der Waals surface area contributed by atoms with Crippen molar-refractivity contribution < 1.29 is 9.18 Å². The molecule has 0 aliphatic carbocycles. The highest BCUT2D eigenvalue weighted by Crippen LogP contribution is 2.29. The Morgan fingerprint density at radius 1 is 1.23 bits per heavy atom. The van der Waals surface area contributed by atoms with Crippen LogP contribution in [0.25, 0.3) is 11.4 Å². The molecule has 1 aliphatic heterocycles. The van der Waals surface area contributed by atoms with Gasteiger partial charge in [-0.2, -0.15) is 0 Å². The van der Waals surface area contributed by atoms with Crippen molar-refractivity contribution >= 4 is 23.3 Å². The molecule has 1 saturated heterocycles. The first-order valence-electron chi connectivity index (χ1n) is 10.3. The lowest BCUT2D eigenvalue weighted by atomic mass is 9.89. The summed E-state index contributed by atoms with van der Waals surface area (Å²) < 4.78 is 14.1. The number of benzene rings is 1. The topological polar surface area (TPSA) is 71.0 Å². The molecule has 0 unspecified atom stereocenters. The number of nitrogens with one attached hydrogen (secondary N) is 1. The summed E-state index contributed by atoms with van der Waals surface area (Å²) in [6.07, 6.45) is 6.70. The van der Waals surface area contributed by atoms with Gasteiger partial charge in [0, 0.05) is 37.2 Å². The summed E-state index contributed by atoms with van der Waals surface area (Å²) in [7, 11) is 0. The van der Waals surface area contributed by atoms with Crippen LogP contribution in [0, 0.1) is 11.7 Å². The van der Waals surface area contributed by atoms with Gasteiger partial charge in [-0.05, 0) is 55.2 Å². The predicted octanol–water partition coefficient (Wildman–Crippen LogP) is 4.68. The zero-order valence-corrected chi connectivity index (χ0v) is 17.9. The molecule has 3 aromatic rings. The quantitative estimate of drug-likeness (QED) is 0.624. The van der Waals surface area contributed by atoms with Gasteiger partial charge in [0.15, 0.2) is 5.82 Å². The zero-order chi connectivity index (χ0) is 21.8. The summed E-state index contributed by atoms with van der Waals surface area (Å²) in [5.41, 5.74) is 0.797. The number of hydrogen-bond donors (Lipinski definition) is 1. The molecule has 1 amide bonds. The van der Waals surface area contributed by atoms with E-state index < -0.39 is 5.82 Å². The van der Waals surface area contributed by atoms with Crippen LogP contribution in [0.2, 0.25) is 5.02 Å². The molecule has 4 rings (SSSR count). The van der Waals surface area contributed by atoms with E-state index >= 15 is 0 Å². The smallest absolute Gasteiger partial charge is 0.255 e. The Bertz CT molecular complexity index is 1050. The standard InChI is InChI=1S/C23H23ClFN5O/c1-15-4-2-11-30(20(15)14-29-21-8-5-16(24)13-28-21)23(31)19-12-17(25)6-7-18(19)22-26-9-3-10-27-22/h3,5-10,12-13,15,20H,2,4,11,14H2,1H3,(H,28,29)/t15-,20-/m1/s1. The molecular formula is C23H23ClFN5O. The van der Waals surface area contributed by atoms with Crippen LogP contribution >= 0.6 is 11.6 Å². The van der Waals surface area contributed by atoms with E-state index in [1.807, 2.05) is 4.90 Å². The first kappa shape index (κ1) is 21.2. The predicted molar refractivity (Wildman–Crippen MR) is 118 cm³/mol. The van der Waals surface area contributed by atoms with Crippen LogP contribution in [-0.2, 0) is 0 Å². The number of halogens is 2. The normalized spacial score (nSPS) is 18.6. The maximum Gasteiger partial charge on any atom is 0.255 e. The number of carbonyl (C=O) groups is 1. The Morgan fingerprint density at radius 2 is 2.03 bits per heavy atom. The number of rotatable bonds is 5. The molecule has 0 bridgehead atoms. The van der Waals surface area contributed by atoms with Gasteiger partial charge in [0.1, 0.15) is 11.6 Å². The van der Waals surface area contributed by atoms with Crippen molar-refractivity contribution in [2.24, 2.45) is 5.92 Å². The van der Waals surface area contributed by atoms with E-state index in [0.717, 1.165) is 12.8 Å². The molecule has 31 heavy (non-hydrogen) atoms. The maximum atomic E-state index is 14.1. The summed E-state index contributed by atoms with van der Waals surface area (Å²) in [5, 5.41) is 3.87. The molecule has 1 N–H and O–H groups in total. The van der Waals surface area contributed by atoms with Crippen LogP contribution in [0.1, 0.15) is 30.1 Å². The van der Waals surface area contributed by atoms with E-state index in [-0.39, 0.29) is 23.4 Å². The zero-order valence-electron chi connectivity index (χ0n) is 17.1. The van der Waals surface area contributed by atoms with Gasteiger partial charge in [-0.15, -0.1) is 0 Å². The number of nitrogens with zero attached hydrogens (tertiary/aromatic N) is 4. The number of aromatic nitrogens is 3. The monoisotopic (exact) mass is 439 g/mol. The Kier molecular flexibility index (Phi) is 6.42. The van der Waals surface area contributed by atoms with Crippen molar-refractivity contribution in [2.75, 3.05) is 18.4 Å². The second-order valence-corrected chi connectivity index (χ2v) is 8.13. The fourth-order valence-electron chi connectivity index (χ4n) is 3.98. The number of carbonyl (C=O) groups excluding carboxylic acids is 1. The molecule has 160 valence electrons. The summed E-state index contributed by atoms with van der Waals surface area (Å²) in [6.45, 7) is 3.27. The van der Waals surface area contributed by atoms with Gasteiger partial charge in [-0.3, -0.25) is 4.79 Å². The lowest BCUT2D eigenvalue weighted by molar-refractivity contribution is 0.0540. The molecule has 2 atom stereocenters. The Labute approximate surface area is 185 Å². The highest BCUT2D eigenvalue weighted by molar-refractivity contribution is 6.30. The van der Waals surface area contributed by atoms with Crippen LogP contribution in [0.15, 0.2) is 55.0 Å². The fourth-order valence-corrected chi connectivity index (χ4v) is 4.10. The third kappa shape index (κ3) is 4.82. The van der Waals surface area contributed by atoms with Gasteiger partial charge in [-0.1, -0.05) is 18.5 Å². The molecular weight excluding hydrogens is 417 g/mol. The van der Waals surface area contributed by atoms with Crippen LogP contribution < -0.4 is 5.32 Å². The largest absolute Gasteiger partial charge is 0.368 e. The van der Waals surface area contributed by atoms with Crippen molar-refractivity contribution in [3.63, 3.8) is 0 Å². The van der Waals surface area contributed by atoms with E-state index in [2.05, 4.69) is 27.2 Å². The van der Waals surface area contributed by atoms with Gasteiger partial charge in [0.05, 0.1) is 16.6 Å². The Hall–Kier alpha value is -3.06. The average Bonchev–Trinajstić information content (AvgIpc) is 2.79. The molecule has 6 nitrogen and oxygen atoms in total. The van der Waals surface area contributed by atoms with Crippen LogP contribution in [0.3, 0.4) is 0 Å². The van der Waals surface area contributed by atoms with E-state index in [4.69, 9.17) is 11.6 Å². The van der Waals surface area contributed by atoms with E-state index in [0.29, 0.717) is 35.3 Å². The molecule has 3 heterocycles. The molecule has 1 aromatic carbocycles. The Morgan fingerprint density at radius 3 is 2.77 bits per heavy atom. The number of anilines is 1. The second kappa shape index (κ2) is 9.39. The fraction of sp³-hybridized carbons (Fsp3) is 0.304. The number of likely N-dealkylation sites (tertiary alicyclic amines) is 1. The summed E-state index contributed by atoms with van der Waals surface area (Å²) in [5.74, 6) is 0.689. The van der Waals surface area contributed by atoms with Crippen molar-refractivity contribution in [2.45, 2.75) is 25.8 Å². The van der Waals surface area contributed by atoms with Crippen molar-refractivity contribution in [1.82, 2.24) is 19.9 Å². The van der Waals surface area contributed by atoms with Gasteiger partial charge < -0.3 is 10.2 Å². The number of piperidine rings is 1. The molecule has 1 aliphatic rings. The third-order valence-electron chi connectivity index (χ3n) is 5.61. The molecule has 2 aromatic heterocycles. The van der Waals surface area contributed by atoms with Crippen molar-refractivity contribution in [3.8, 4) is 11.4 Å². The SMILES string of the molecule is C[C@@H]1CCCN(C(=O)c2cc(F)ccc2-c2ncccn2)[C@@H]1CNc1ccc(Cl)cn1. The maximum absolute atomic E-state index is 14.1. The first-order chi connectivity index (χ1) is 15.0. The molecule has 8 heteroatoms. The number of amides is 1. The highest BCUT2D eigenvalue weighted by atomic mass is 35.5. The first-order valence-corrected chi connectivity index (χ1v) is 10.6. The minimum Gasteiger partial charge on any atom is -0.368 e. The molecule has 1 fully saturated rings. The minimum atomic E-state index is -0.465. The Balaban J connectivity index is 1.61.